The van der Waals surface area contributed by atoms with Crippen LogP contribution in [0.4, 0.5) is 0 Å². The Hall–Kier alpha value is -1.89. The lowest BCUT2D eigenvalue weighted by molar-refractivity contribution is -0.144. The number of carboxylic acids is 1. The number of hydrogen-bond donors (Lipinski definition) is 3. The van der Waals surface area contributed by atoms with Crippen LogP contribution in [0.25, 0.3) is 0 Å². The van der Waals surface area contributed by atoms with Crippen molar-refractivity contribution in [3.8, 4) is 0 Å². The fourth-order valence-electron chi connectivity index (χ4n) is 2.22. The summed E-state index contributed by atoms with van der Waals surface area (Å²) < 4.78 is 5.09. The molecule has 7 heteroatoms. The Labute approximate surface area is 109 Å². The summed E-state index contributed by atoms with van der Waals surface area (Å²) in [6.45, 7) is 0.328. The Kier molecular flexibility index (Phi) is 2.78. The van der Waals surface area contributed by atoms with Crippen molar-refractivity contribution in [2.75, 3.05) is 13.2 Å². The average Bonchev–Trinajstić information content (AvgIpc) is 2.93. The van der Waals surface area contributed by atoms with Gasteiger partial charge in [-0.3, -0.25) is 9.89 Å². The van der Waals surface area contributed by atoms with Gasteiger partial charge in [0.25, 0.3) is 5.91 Å². The summed E-state index contributed by atoms with van der Waals surface area (Å²) in [5, 5.41) is 18.5. The van der Waals surface area contributed by atoms with Gasteiger partial charge < -0.3 is 15.2 Å². The third kappa shape index (κ3) is 2.21. The SMILES string of the molecule is O=C(NC1(C(=O)O)CCOC1)c1cc(C2CC2)[nH]n1. The number of aromatic nitrogens is 2. The van der Waals surface area contributed by atoms with Gasteiger partial charge in [-0.1, -0.05) is 0 Å². The van der Waals surface area contributed by atoms with Gasteiger partial charge in [-0.15, -0.1) is 0 Å². The van der Waals surface area contributed by atoms with Crippen LogP contribution >= 0.6 is 0 Å². The quantitative estimate of drug-likeness (QED) is 0.724. The minimum atomic E-state index is -1.32. The lowest BCUT2D eigenvalue weighted by Crippen LogP contribution is -2.55. The topological polar surface area (TPSA) is 104 Å². The largest absolute Gasteiger partial charge is 0.479 e. The normalized spacial score (nSPS) is 26.3. The number of ether oxygens (including phenoxy) is 1. The highest BCUT2D eigenvalue weighted by Gasteiger charge is 2.44. The van der Waals surface area contributed by atoms with E-state index in [0.717, 1.165) is 18.5 Å². The fourth-order valence-corrected chi connectivity index (χ4v) is 2.22. The second-order valence-corrected chi connectivity index (χ2v) is 5.13. The summed E-state index contributed by atoms with van der Waals surface area (Å²) in [6, 6.07) is 1.69. The molecule has 1 atom stereocenters. The third-order valence-electron chi connectivity index (χ3n) is 3.63. The summed E-state index contributed by atoms with van der Waals surface area (Å²) >= 11 is 0. The third-order valence-corrected chi connectivity index (χ3v) is 3.63. The van der Waals surface area contributed by atoms with Crippen LogP contribution < -0.4 is 5.32 Å². The van der Waals surface area contributed by atoms with E-state index < -0.39 is 17.4 Å². The number of aliphatic carboxylic acids is 1. The van der Waals surface area contributed by atoms with Crippen LogP contribution in [-0.4, -0.2) is 45.9 Å². The van der Waals surface area contributed by atoms with E-state index in [4.69, 9.17) is 4.74 Å². The molecule has 7 nitrogen and oxygen atoms in total. The number of hydrogen-bond acceptors (Lipinski definition) is 4. The average molecular weight is 265 g/mol. The van der Waals surface area contributed by atoms with Crippen LogP contribution in [0.3, 0.4) is 0 Å². The first-order chi connectivity index (χ1) is 9.11. The number of amides is 1. The van der Waals surface area contributed by atoms with Gasteiger partial charge in [0.05, 0.1) is 6.61 Å². The van der Waals surface area contributed by atoms with E-state index in [2.05, 4.69) is 15.5 Å². The van der Waals surface area contributed by atoms with Crippen LogP contribution in [0, 0.1) is 0 Å². The van der Waals surface area contributed by atoms with Gasteiger partial charge in [-0.2, -0.15) is 5.10 Å². The van der Waals surface area contributed by atoms with E-state index in [1.807, 2.05) is 0 Å². The van der Waals surface area contributed by atoms with Gasteiger partial charge in [0, 0.05) is 24.6 Å². The molecule has 1 saturated heterocycles. The lowest BCUT2D eigenvalue weighted by atomic mass is 9.99. The van der Waals surface area contributed by atoms with Gasteiger partial charge in [0.15, 0.2) is 5.54 Å². The maximum Gasteiger partial charge on any atom is 0.331 e. The van der Waals surface area contributed by atoms with Crippen LogP contribution in [0.1, 0.15) is 41.4 Å². The Morgan fingerprint density at radius 3 is 2.89 bits per heavy atom. The zero-order valence-corrected chi connectivity index (χ0v) is 10.3. The molecule has 0 radical (unpaired) electrons. The summed E-state index contributed by atoms with van der Waals surface area (Å²) in [5.41, 5.74) is -0.151. The number of carboxylic acid groups (broad SMARTS) is 1. The van der Waals surface area contributed by atoms with Crippen molar-refractivity contribution in [1.29, 1.82) is 0 Å². The Balaban J connectivity index is 1.73. The molecule has 1 aliphatic carbocycles. The number of carbonyl (C=O) groups is 2. The molecule has 2 aliphatic rings. The fraction of sp³-hybridized carbons (Fsp3) is 0.583. The van der Waals surface area contributed by atoms with Crippen LogP contribution in [0.2, 0.25) is 0 Å². The van der Waals surface area contributed by atoms with E-state index in [1.54, 1.807) is 6.07 Å². The highest BCUT2D eigenvalue weighted by molar-refractivity contribution is 5.96. The smallest absolute Gasteiger partial charge is 0.331 e. The van der Waals surface area contributed by atoms with E-state index >= 15 is 0 Å². The van der Waals surface area contributed by atoms with E-state index in [0.29, 0.717) is 12.5 Å². The van der Waals surface area contributed by atoms with Gasteiger partial charge in [-0.05, 0) is 18.9 Å². The second-order valence-electron chi connectivity index (χ2n) is 5.13. The van der Waals surface area contributed by atoms with Crippen molar-refractivity contribution in [3.05, 3.63) is 17.5 Å². The maximum absolute atomic E-state index is 12.1. The number of H-pyrrole nitrogens is 1. The number of nitrogens with zero attached hydrogens (tertiary/aromatic N) is 1. The molecule has 1 aromatic rings. The monoisotopic (exact) mass is 265 g/mol. The number of rotatable bonds is 4. The first-order valence-corrected chi connectivity index (χ1v) is 6.30. The zero-order chi connectivity index (χ0) is 13.5. The molecule has 0 aromatic carbocycles. The van der Waals surface area contributed by atoms with Crippen LogP contribution in [0.15, 0.2) is 6.07 Å². The first-order valence-electron chi connectivity index (χ1n) is 6.30. The van der Waals surface area contributed by atoms with E-state index in [-0.39, 0.29) is 18.7 Å². The van der Waals surface area contributed by atoms with Crippen molar-refractivity contribution >= 4 is 11.9 Å². The van der Waals surface area contributed by atoms with Crippen molar-refractivity contribution in [3.63, 3.8) is 0 Å². The summed E-state index contributed by atoms with van der Waals surface area (Å²) in [4.78, 5) is 23.3. The van der Waals surface area contributed by atoms with Crippen molar-refractivity contribution in [2.45, 2.75) is 30.7 Å². The minimum Gasteiger partial charge on any atom is -0.479 e. The number of aromatic amines is 1. The van der Waals surface area contributed by atoms with Gasteiger partial charge in [-0.25, -0.2) is 4.79 Å². The zero-order valence-electron chi connectivity index (χ0n) is 10.3. The Bertz CT molecular complexity index is 515. The molecule has 2 fully saturated rings. The van der Waals surface area contributed by atoms with Crippen molar-refractivity contribution < 1.29 is 19.4 Å². The Morgan fingerprint density at radius 1 is 1.53 bits per heavy atom. The molecular formula is C12H15N3O4. The second kappa shape index (κ2) is 4.34. The summed E-state index contributed by atoms with van der Waals surface area (Å²) in [6.07, 6.45) is 2.49. The number of carbonyl (C=O) groups excluding carboxylic acids is 1. The molecule has 1 aromatic heterocycles. The minimum absolute atomic E-state index is 0.00597. The van der Waals surface area contributed by atoms with Crippen LogP contribution in [0.5, 0.6) is 0 Å². The van der Waals surface area contributed by atoms with Gasteiger partial charge >= 0.3 is 5.97 Å². The predicted octanol–water partition coefficient (Wildman–Crippen LogP) is 0.261. The van der Waals surface area contributed by atoms with Crippen molar-refractivity contribution in [1.82, 2.24) is 15.5 Å². The molecule has 2 heterocycles. The molecule has 3 N–H and O–H groups in total. The summed E-state index contributed by atoms with van der Waals surface area (Å²) in [7, 11) is 0. The highest BCUT2D eigenvalue weighted by atomic mass is 16.5. The molecule has 1 saturated carbocycles. The molecule has 0 spiro atoms. The molecule has 1 unspecified atom stereocenters. The highest BCUT2D eigenvalue weighted by Crippen LogP contribution is 2.39. The molecule has 0 bridgehead atoms. The lowest BCUT2D eigenvalue weighted by Gasteiger charge is -2.22. The van der Waals surface area contributed by atoms with Gasteiger partial charge in [0.1, 0.15) is 5.69 Å². The first kappa shape index (κ1) is 12.2. The van der Waals surface area contributed by atoms with Gasteiger partial charge in [0.2, 0.25) is 0 Å². The molecule has 3 rings (SSSR count). The molecular weight excluding hydrogens is 250 g/mol. The molecule has 1 amide bonds. The molecule has 19 heavy (non-hydrogen) atoms. The summed E-state index contributed by atoms with van der Waals surface area (Å²) in [5.74, 6) is -1.08. The van der Waals surface area contributed by atoms with Crippen LogP contribution in [-0.2, 0) is 9.53 Å². The van der Waals surface area contributed by atoms with E-state index in [9.17, 15) is 14.7 Å². The molecule has 1 aliphatic heterocycles. The van der Waals surface area contributed by atoms with E-state index in [1.165, 1.54) is 0 Å². The number of nitrogens with one attached hydrogen (secondary N) is 2. The molecule has 102 valence electrons. The maximum atomic E-state index is 12.1. The van der Waals surface area contributed by atoms with Crippen molar-refractivity contribution in [2.24, 2.45) is 0 Å². The Morgan fingerprint density at radius 2 is 2.32 bits per heavy atom. The predicted molar refractivity (Wildman–Crippen MR) is 63.8 cm³/mol. The standard InChI is InChI=1S/C12H15N3O4/c16-10(9-5-8(14-15-9)7-1-2-7)13-12(11(17)18)3-4-19-6-12/h5,7H,1-4,6H2,(H,13,16)(H,14,15)(H,17,18).